The van der Waals surface area contributed by atoms with Crippen molar-refractivity contribution in [2.24, 2.45) is 11.8 Å². The third-order valence-corrected chi connectivity index (χ3v) is 6.30. The van der Waals surface area contributed by atoms with E-state index in [9.17, 15) is 14.4 Å². The van der Waals surface area contributed by atoms with Gasteiger partial charge in [-0.15, -0.1) is 0 Å². The highest BCUT2D eigenvalue weighted by Gasteiger charge is 2.36. The van der Waals surface area contributed by atoms with Crippen LogP contribution in [0.25, 0.3) is 0 Å². The molecular formula is C20H31N5O3. The Kier molecular flexibility index (Phi) is 5.55. The predicted molar refractivity (Wildman–Crippen MR) is 104 cm³/mol. The minimum Gasteiger partial charge on any atom is -0.353 e. The molecule has 8 nitrogen and oxygen atoms in total. The summed E-state index contributed by atoms with van der Waals surface area (Å²) < 4.78 is 3.33. The van der Waals surface area contributed by atoms with Gasteiger partial charge in [-0.1, -0.05) is 6.92 Å². The lowest BCUT2D eigenvalue weighted by Crippen LogP contribution is -2.45. The molecule has 3 aliphatic rings. The fourth-order valence-corrected chi connectivity index (χ4v) is 4.40. The monoisotopic (exact) mass is 389 g/mol. The lowest BCUT2D eigenvalue weighted by Gasteiger charge is -2.32. The molecule has 4 rings (SSSR count). The van der Waals surface area contributed by atoms with Crippen LogP contribution >= 0.6 is 0 Å². The van der Waals surface area contributed by atoms with E-state index in [1.54, 1.807) is 9.25 Å². The molecule has 1 aromatic rings. The summed E-state index contributed by atoms with van der Waals surface area (Å²) in [7, 11) is 0. The number of piperidine rings is 1. The van der Waals surface area contributed by atoms with Crippen LogP contribution in [-0.4, -0.2) is 50.2 Å². The predicted octanol–water partition coefficient (Wildman–Crippen LogP) is 0.925. The molecule has 1 aliphatic carbocycles. The number of hydrogen-bond donors (Lipinski definition) is 1. The zero-order valence-corrected chi connectivity index (χ0v) is 16.7. The second kappa shape index (κ2) is 8.09. The minimum atomic E-state index is -0.0310. The van der Waals surface area contributed by atoms with Gasteiger partial charge in [0.25, 0.3) is 0 Å². The molecule has 0 spiro atoms. The van der Waals surface area contributed by atoms with Crippen LogP contribution in [0.1, 0.15) is 57.7 Å². The molecule has 1 unspecified atom stereocenters. The molecule has 8 heteroatoms. The lowest BCUT2D eigenvalue weighted by atomic mass is 9.94. The highest BCUT2D eigenvalue weighted by molar-refractivity contribution is 5.82. The first-order valence-corrected chi connectivity index (χ1v) is 10.8. The highest BCUT2D eigenvalue weighted by Crippen LogP contribution is 2.32. The topological polar surface area (TPSA) is 89.2 Å². The first-order valence-electron chi connectivity index (χ1n) is 10.8. The van der Waals surface area contributed by atoms with Crippen LogP contribution in [0, 0.1) is 11.8 Å². The number of nitrogens with zero attached hydrogens (tertiary/aromatic N) is 4. The normalized spacial score (nSPS) is 23.2. The van der Waals surface area contributed by atoms with Crippen LogP contribution in [0.4, 0.5) is 0 Å². The smallest absolute Gasteiger partial charge is 0.345 e. The molecule has 28 heavy (non-hydrogen) atoms. The molecule has 0 aromatic carbocycles. The molecule has 0 bridgehead atoms. The summed E-state index contributed by atoms with van der Waals surface area (Å²) in [6.45, 7) is 4.70. The van der Waals surface area contributed by atoms with Crippen molar-refractivity contribution in [1.82, 2.24) is 24.6 Å². The molecule has 2 amide bonds. The number of rotatable bonds is 5. The Bertz CT molecular complexity index is 786. The number of carbonyl (C=O) groups is 2. The fourth-order valence-electron chi connectivity index (χ4n) is 4.40. The zero-order valence-electron chi connectivity index (χ0n) is 16.7. The van der Waals surface area contributed by atoms with Crippen molar-refractivity contribution in [2.75, 3.05) is 13.1 Å². The number of aryl methyl sites for hydroxylation is 2. The molecule has 1 aromatic heterocycles. The number of amides is 2. The van der Waals surface area contributed by atoms with Crippen LogP contribution in [0.2, 0.25) is 0 Å². The number of aromatic nitrogens is 3. The second-order valence-corrected chi connectivity index (χ2v) is 8.48. The van der Waals surface area contributed by atoms with Crippen molar-refractivity contribution in [3.8, 4) is 0 Å². The van der Waals surface area contributed by atoms with E-state index < -0.39 is 0 Å². The second-order valence-electron chi connectivity index (χ2n) is 8.48. The minimum absolute atomic E-state index is 0.00895. The van der Waals surface area contributed by atoms with Crippen LogP contribution in [0.15, 0.2) is 4.79 Å². The zero-order chi connectivity index (χ0) is 19.7. The van der Waals surface area contributed by atoms with Crippen molar-refractivity contribution in [3.63, 3.8) is 0 Å². The Balaban J connectivity index is 1.27. The summed E-state index contributed by atoms with van der Waals surface area (Å²) in [4.78, 5) is 39.2. The molecule has 0 radical (unpaired) electrons. The van der Waals surface area contributed by atoms with E-state index in [0.29, 0.717) is 32.6 Å². The first-order chi connectivity index (χ1) is 13.6. The van der Waals surface area contributed by atoms with Gasteiger partial charge in [-0.3, -0.25) is 14.2 Å². The van der Waals surface area contributed by atoms with Crippen LogP contribution in [0.5, 0.6) is 0 Å². The van der Waals surface area contributed by atoms with Gasteiger partial charge in [0.05, 0.1) is 0 Å². The Labute approximate surface area is 165 Å². The van der Waals surface area contributed by atoms with Crippen molar-refractivity contribution in [2.45, 2.75) is 77.4 Å². The van der Waals surface area contributed by atoms with E-state index in [4.69, 9.17) is 0 Å². The van der Waals surface area contributed by atoms with E-state index in [-0.39, 0.29) is 35.4 Å². The van der Waals surface area contributed by atoms with Gasteiger partial charge in [0.15, 0.2) is 0 Å². The average Bonchev–Trinajstić information content (AvgIpc) is 3.52. The lowest BCUT2D eigenvalue weighted by molar-refractivity contribution is -0.136. The Morgan fingerprint density at radius 3 is 2.46 bits per heavy atom. The third kappa shape index (κ3) is 4.00. The summed E-state index contributed by atoms with van der Waals surface area (Å²) >= 11 is 0. The van der Waals surface area contributed by atoms with Gasteiger partial charge >= 0.3 is 5.69 Å². The maximum atomic E-state index is 12.7. The number of carbonyl (C=O) groups excluding carboxylic acids is 2. The van der Waals surface area contributed by atoms with E-state index in [2.05, 4.69) is 10.4 Å². The maximum Gasteiger partial charge on any atom is 0.345 e. The molecule has 1 N–H and O–H groups in total. The standard InChI is InChI=1S/C20H31N5O3/c1-2-10-25-20(28)24-13-9-16(5-6-17(24)22-25)21-18(26)14-7-11-23(12-8-14)19(27)15-3-4-15/h14-16H,2-13H2,1H3,(H,21,26). The Morgan fingerprint density at radius 1 is 1.04 bits per heavy atom. The van der Waals surface area contributed by atoms with E-state index >= 15 is 0 Å². The fraction of sp³-hybridized carbons (Fsp3) is 0.800. The van der Waals surface area contributed by atoms with Gasteiger partial charge in [-0.05, 0) is 44.9 Å². The molecule has 2 fully saturated rings. The summed E-state index contributed by atoms with van der Waals surface area (Å²) in [5.41, 5.74) is -0.0310. The number of fused-ring (bicyclic) bond motifs is 1. The van der Waals surface area contributed by atoms with Crippen LogP contribution < -0.4 is 11.0 Å². The largest absolute Gasteiger partial charge is 0.353 e. The molecule has 1 saturated carbocycles. The van der Waals surface area contributed by atoms with Crippen molar-refractivity contribution in [3.05, 3.63) is 16.3 Å². The van der Waals surface area contributed by atoms with Gasteiger partial charge < -0.3 is 10.2 Å². The Morgan fingerprint density at radius 2 is 1.79 bits per heavy atom. The SMILES string of the molecule is CCCn1nc2n(c1=O)CCC(NC(=O)C1CCN(C(=O)C3CC3)CC1)CC2. The van der Waals surface area contributed by atoms with Crippen LogP contribution in [0.3, 0.4) is 0 Å². The van der Waals surface area contributed by atoms with Crippen molar-refractivity contribution in [1.29, 1.82) is 0 Å². The Hall–Kier alpha value is -2.12. The summed E-state index contributed by atoms with van der Waals surface area (Å²) in [5.74, 6) is 1.47. The van der Waals surface area contributed by atoms with Crippen LogP contribution in [-0.2, 0) is 29.1 Å². The van der Waals surface area contributed by atoms with Crippen molar-refractivity contribution < 1.29 is 9.59 Å². The van der Waals surface area contributed by atoms with Gasteiger partial charge in [0.1, 0.15) is 5.82 Å². The molecule has 154 valence electrons. The van der Waals surface area contributed by atoms with Gasteiger partial charge in [0, 0.05) is 50.5 Å². The van der Waals surface area contributed by atoms with Gasteiger partial charge in [-0.25, -0.2) is 9.48 Å². The maximum absolute atomic E-state index is 12.7. The van der Waals surface area contributed by atoms with Gasteiger partial charge in [-0.2, -0.15) is 5.10 Å². The average molecular weight is 390 g/mol. The number of nitrogens with one attached hydrogen (secondary N) is 1. The summed E-state index contributed by atoms with van der Waals surface area (Å²) in [6, 6.07) is 0.0827. The summed E-state index contributed by atoms with van der Waals surface area (Å²) in [6.07, 6.45) is 6.73. The quantitative estimate of drug-likeness (QED) is 0.811. The molecule has 1 atom stereocenters. The molecule has 3 heterocycles. The van der Waals surface area contributed by atoms with E-state index in [0.717, 1.165) is 50.8 Å². The highest BCUT2D eigenvalue weighted by atomic mass is 16.2. The van der Waals surface area contributed by atoms with Crippen molar-refractivity contribution >= 4 is 11.8 Å². The third-order valence-electron chi connectivity index (χ3n) is 6.30. The van der Waals surface area contributed by atoms with Gasteiger partial charge in [0.2, 0.25) is 11.8 Å². The number of hydrogen-bond acceptors (Lipinski definition) is 4. The van der Waals surface area contributed by atoms with E-state index in [1.807, 2.05) is 11.8 Å². The van der Waals surface area contributed by atoms with E-state index in [1.165, 1.54) is 0 Å². The number of likely N-dealkylation sites (tertiary alicyclic amines) is 1. The first kappa shape index (κ1) is 19.2. The molecular weight excluding hydrogens is 358 g/mol. The molecule has 2 aliphatic heterocycles. The summed E-state index contributed by atoms with van der Waals surface area (Å²) in [5, 5.41) is 7.66. The molecule has 1 saturated heterocycles.